The maximum absolute atomic E-state index is 12.3. The van der Waals surface area contributed by atoms with Crippen LogP contribution < -0.4 is 15.6 Å². The van der Waals surface area contributed by atoms with Gasteiger partial charge in [0.05, 0.1) is 22.6 Å². The zero-order valence-electron chi connectivity index (χ0n) is 14.2. The molecule has 2 aromatic rings. The minimum absolute atomic E-state index is 0.0381. The van der Waals surface area contributed by atoms with Gasteiger partial charge in [0.25, 0.3) is 11.8 Å². The minimum atomic E-state index is -3.81. The molecule has 0 saturated heterocycles. The molecule has 3 N–H and O–H groups in total. The average molecular weight is 457 g/mol. The van der Waals surface area contributed by atoms with Crippen LogP contribution in [0.4, 0.5) is 0 Å². The molecule has 1 aromatic heterocycles. The number of rotatable bonds is 7. The summed E-state index contributed by atoms with van der Waals surface area (Å²) in [7, 11) is -2.35. The lowest BCUT2D eigenvalue weighted by Gasteiger charge is -2.11. The van der Waals surface area contributed by atoms with Gasteiger partial charge >= 0.3 is 0 Å². The second-order valence-electron chi connectivity index (χ2n) is 5.18. The van der Waals surface area contributed by atoms with Crippen LogP contribution in [-0.4, -0.2) is 45.5 Å². The van der Waals surface area contributed by atoms with Gasteiger partial charge in [0.1, 0.15) is 0 Å². The number of halogens is 1. The first-order chi connectivity index (χ1) is 12.8. The molecule has 0 radical (unpaired) electrons. The fraction of sp³-hybridized carbons (Fsp3) is 0.188. The fourth-order valence-corrected chi connectivity index (χ4v) is 3.42. The number of nitrogens with one attached hydrogen (secondary N) is 3. The summed E-state index contributed by atoms with van der Waals surface area (Å²) in [6.07, 6.45) is 2.86. The van der Waals surface area contributed by atoms with Crippen molar-refractivity contribution in [3.05, 3.63) is 58.3 Å². The maximum Gasteiger partial charge on any atom is 0.271 e. The topological polar surface area (TPSA) is 126 Å². The van der Waals surface area contributed by atoms with Gasteiger partial charge in [0.2, 0.25) is 10.0 Å². The Morgan fingerprint density at radius 3 is 2.59 bits per heavy atom. The van der Waals surface area contributed by atoms with Crippen LogP contribution in [0.25, 0.3) is 0 Å². The maximum atomic E-state index is 12.3. The number of hydrogen-bond acceptors (Lipinski definition) is 6. The molecule has 0 aliphatic rings. The molecule has 9 nitrogen and oxygen atoms in total. The molecular weight excluding hydrogens is 440 g/mol. The zero-order chi connectivity index (χ0) is 19.9. The van der Waals surface area contributed by atoms with E-state index in [0.29, 0.717) is 4.47 Å². The van der Waals surface area contributed by atoms with Gasteiger partial charge in [0.15, 0.2) is 0 Å². The van der Waals surface area contributed by atoms with Crippen LogP contribution in [-0.2, 0) is 14.8 Å². The Bertz CT molecular complexity index is 922. The van der Waals surface area contributed by atoms with Crippen LogP contribution in [0, 0.1) is 0 Å². The quantitative estimate of drug-likeness (QED) is 0.418. The number of sulfonamides is 1. The van der Waals surface area contributed by atoms with Crippen LogP contribution in [0.15, 0.2) is 52.1 Å². The number of hydrazine groups is 1. The molecule has 0 bridgehead atoms. The van der Waals surface area contributed by atoms with Gasteiger partial charge in [-0.2, -0.15) is 0 Å². The zero-order valence-corrected chi connectivity index (χ0v) is 16.6. The van der Waals surface area contributed by atoms with E-state index in [4.69, 9.17) is 4.74 Å². The summed E-state index contributed by atoms with van der Waals surface area (Å²) in [5, 5.41) is 0. The first kappa shape index (κ1) is 21.0. The summed E-state index contributed by atoms with van der Waals surface area (Å²) in [6.45, 7) is 0.307. The number of amides is 2. The van der Waals surface area contributed by atoms with Crippen molar-refractivity contribution in [3.8, 4) is 0 Å². The van der Waals surface area contributed by atoms with Gasteiger partial charge in [-0.1, -0.05) is 0 Å². The van der Waals surface area contributed by atoms with Gasteiger partial charge < -0.3 is 4.74 Å². The Labute approximate surface area is 164 Å². The predicted octanol–water partition coefficient (Wildman–Crippen LogP) is 0.844. The third-order valence-electron chi connectivity index (χ3n) is 3.30. The second kappa shape index (κ2) is 9.55. The summed E-state index contributed by atoms with van der Waals surface area (Å²) < 4.78 is 32.0. The molecule has 144 valence electrons. The number of ether oxygens (including phenoxy) is 1. The molecule has 0 aliphatic carbocycles. The SMILES string of the molecule is COCCNS(=O)(=O)c1ccc(Br)c(C(=O)NNC(=O)c2cccnc2)c1. The highest BCUT2D eigenvalue weighted by Gasteiger charge is 2.19. The van der Waals surface area contributed by atoms with Crippen LogP contribution in [0.5, 0.6) is 0 Å². The lowest BCUT2D eigenvalue weighted by Crippen LogP contribution is -2.41. The monoisotopic (exact) mass is 456 g/mol. The molecule has 0 aliphatic heterocycles. The molecular formula is C16H17BrN4O5S. The number of aromatic nitrogens is 1. The molecule has 1 aromatic carbocycles. The molecule has 0 unspecified atom stereocenters. The Kier molecular flexibility index (Phi) is 7.42. The van der Waals surface area contributed by atoms with E-state index in [9.17, 15) is 18.0 Å². The largest absolute Gasteiger partial charge is 0.383 e. The van der Waals surface area contributed by atoms with E-state index < -0.39 is 21.8 Å². The first-order valence-corrected chi connectivity index (χ1v) is 9.91. The lowest BCUT2D eigenvalue weighted by molar-refractivity contribution is 0.0846. The molecule has 2 amide bonds. The summed E-state index contributed by atoms with van der Waals surface area (Å²) >= 11 is 3.19. The number of nitrogens with zero attached hydrogens (tertiary/aromatic N) is 1. The van der Waals surface area contributed by atoms with E-state index in [2.05, 4.69) is 36.5 Å². The third-order valence-corrected chi connectivity index (χ3v) is 5.45. The fourth-order valence-electron chi connectivity index (χ4n) is 1.96. The standard InChI is InChI=1S/C16H17BrN4O5S/c1-26-8-7-19-27(24,25)12-4-5-14(17)13(9-12)16(23)21-20-15(22)11-3-2-6-18-10-11/h2-6,9-10,19H,7-8H2,1H3,(H,20,22)(H,21,23). The van der Waals surface area contributed by atoms with Crippen LogP contribution in [0.2, 0.25) is 0 Å². The van der Waals surface area contributed by atoms with Crippen LogP contribution >= 0.6 is 15.9 Å². The number of pyridine rings is 1. The normalized spacial score (nSPS) is 11.0. The summed E-state index contributed by atoms with van der Waals surface area (Å²) in [6, 6.07) is 7.10. The number of methoxy groups -OCH3 is 1. The number of benzene rings is 1. The van der Waals surface area contributed by atoms with Gasteiger partial charge in [0, 0.05) is 30.5 Å². The molecule has 0 spiro atoms. The van der Waals surface area contributed by atoms with E-state index in [-0.39, 0.29) is 29.2 Å². The number of carbonyl (C=O) groups excluding carboxylic acids is 2. The highest BCUT2D eigenvalue weighted by molar-refractivity contribution is 9.10. The molecule has 1 heterocycles. The molecule has 0 atom stereocenters. The van der Waals surface area contributed by atoms with Crippen LogP contribution in [0.1, 0.15) is 20.7 Å². The lowest BCUT2D eigenvalue weighted by atomic mass is 10.2. The molecule has 11 heteroatoms. The Morgan fingerprint density at radius 1 is 1.19 bits per heavy atom. The van der Waals surface area contributed by atoms with Crippen molar-refractivity contribution in [1.29, 1.82) is 0 Å². The second-order valence-corrected chi connectivity index (χ2v) is 7.80. The van der Waals surface area contributed by atoms with E-state index in [1.165, 1.54) is 43.8 Å². The Morgan fingerprint density at radius 2 is 1.93 bits per heavy atom. The van der Waals surface area contributed by atoms with E-state index in [1.807, 2.05) is 0 Å². The summed E-state index contributed by atoms with van der Waals surface area (Å²) in [5.41, 5.74) is 4.78. The van der Waals surface area contributed by atoms with Crippen molar-refractivity contribution in [2.24, 2.45) is 0 Å². The van der Waals surface area contributed by atoms with Gasteiger partial charge in [-0.15, -0.1) is 0 Å². The van der Waals surface area contributed by atoms with Crippen molar-refractivity contribution in [2.45, 2.75) is 4.90 Å². The van der Waals surface area contributed by atoms with Crippen molar-refractivity contribution in [3.63, 3.8) is 0 Å². The number of carbonyl (C=O) groups is 2. The highest BCUT2D eigenvalue weighted by Crippen LogP contribution is 2.21. The number of hydrogen-bond donors (Lipinski definition) is 3. The minimum Gasteiger partial charge on any atom is -0.383 e. The Balaban J connectivity index is 2.11. The molecule has 0 fully saturated rings. The summed E-state index contributed by atoms with van der Waals surface area (Å²) in [4.78, 5) is 28.0. The van der Waals surface area contributed by atoms with Gasteiger partial charge in [-0.25, -0.2) is 13.1 Å². The molecule has 27 heavy (non-hydrogen) atoms. The van der Waals surface area contributed by atoms with Gasteiger partial charge in [-0.3, -0.25) is 25.4 Å². The first-order valence-electron chi connectivity index (χ1n) is 7.64. The van der Waals surface area contributed by atoms with Crippen molar-refractivity contribution >= 4 is 37.8 Å². The van der Waals surface area contributed by atoms with Crippen molar-refractivity contribution in [1.82, 2.24) is 20.6 Å². The van der Waals surface area contributed by atoms with Gasteiger partial charge in [-0.05, 0) is 46.3 Å². The van der Waals surface area contributed by atoms with E-state index >= 15 is 0 Å². The van der Waals surface area contributed by atoms with Crippen molar-refractivity contribution in [2.75, 3.05) is 20.3 Å². The van der Waals surface area contributed by atoms with Crippen molar-refractivity contribution < 1.29 is 22.7 Å². The Hall–Kier alpha value is -2.34. The van der Waals surface area contributed by atoms with E-state index in [0.717, 1.165) is 0 Å². The summed E-state index contributed by atoms with van der Waals surface area (Å²) in [5.74, 6) is -1.24. The molecule has 0 saturated carbocycles. The third kappa shape index (κ3) is 5.82. The highest BCUT2D eigenvalue weighted by atomic mass is 79.9. The van der Waals surface area contributed by atoms with E-state index in [1.54, 1.807) is 6.07 Å². The predicted molar refractivity (Wildman–Crippen MR) is 100 cm³/mol. The average Bonchev–Trinajstić information content (AvgIpc) is 2.66. The smallest absolute Gasteiger partial charge is 0.271 e. The molecule has 2 rings (SSSR count). The van der Waals surface area contributed by atoms with Crippen LogP contribution in [0.3, 0.4) is 0 Å².